The largest absolute Gasteiger partial charge is 0.416 e. The Morgan fingerprint density at radius 1 is 1.00 bits per heavy atom. The summed E-state index contributed by atoms with van der Waals surface area (Å²) < 4.78 is 40.8. The monoisotopic (exact) mass is 376 g/mol. The minimum absolute atomic E-state index is 0.590. The molecule has 142 valence electrons. The van der Waals surface area contributed by atoms with Crippen LogP contribution in [0, 0.1) is 0 Å². The minimum Gasteiger partial charge on any atom is -0.368 e. The Labute approximate surface area is 154 Å². The van der Waals surface area contributed by atoms with E-state index in [0.29, 0.717) is 31.9 Å². The topological polar surface area (TPSA) is 50.1 Å². The second kappa shape index (κ2) is 6.71. The van der Waals surface area contributed by atoms with Crippen LogP contribution in [0.25, 0.3) is 11.2 Å². The Kier molecular flexibility index (Phi) is 4.37. The molecule has 4 rings (SSSR count). The second-order valence-corrected chi connectivity index (χ2v) is 6.42. The van der Waals surface area contributed by atoms with Crippen LogP contribution in [0.4, 0.5) is 24.7 Å². The molecule has 3 aromatic rings. The molecule has 1 fully saturated rings. The lowest BCUT2D eigenvalue weighted by Gasteiger charge is -2.36. The van der Waals surface area contributed by atoms with E-state index in [0.717, 1.165) is 29.6 Å². The Balaban J connectivity index is 1.52. The number of hydrogen-bond acceptors (Lipinski definition) is 5. The summed E-state index contributed by atoms with van der Waals surface area (Å²) >= 11 is 0. The summed E-state index contributed by atoms with van der Waals surface area (Å²) in [4.78, 5) is 17.2. The molecule has 2 aromatic heterocycles. The zero-order chi connectivity index (χ0) is 19.0. The summed E-state index contributed by atoms with van der Waals surface area (Å²) in [6, 6.07) is 5.48. The number of nitrogens with zero attached hydrogens (tertiary/aromatic N) is 6. The number of rotatable bonds is 3. The van der Waals surface area contributed by atoms with Crippen molar-refractivity contribution in [2.45, 2.75) is 19.6 Å². The summed E-state index contributed by atoms with van der Waals surface area (Å²) in [6.45, 7) is 5.33. The van der Waals surface area contributed by atoms with E-state index in [-0.39, 0.29) is 0 Å². The third-order valence-electron chi connectivity index (χ3n) is 4.84. The standard InChI is InChI=1S/C18H19F3N6/c1-2-25-12-24-15-16(25)22-11-23-17(15)27-8-6-26(7-9-27)14-5-3-4-13(10-14)18(19,20)21/h3-5,10-12H,2,6-9H2,1H3. The van der Waals surface area contributed by atoms with Gasteiger partial charge < -0.3 is 14.4 Å². The molecule has 1 aliphatic rings. The van der Waals surface area contributed by atoms with Gasteiger partial charge in [-0.25, -0.2) is 15.0 Å². The van der Waals surface area contributed by atoms with Gasteiger partial charge in [0.25, 0.3) is 0 Å². The van der Waals surface area contributed by atoms with E-state index in [1.165, 1.54) is 18.5 Å². The van der Waals surface area contributed by atoms with Crippen LogP contribution in [-0.4, -0.2) is 45.7 Å². The first kappa shape index (κ1) is 17.6. The van der Waals surface area contributed by atoms with Crippen molar-refractivity contribution in [2.24, 2.45) is 0 Å². The molecule has 1 saturated heterocycles. The second-order valence-electron chi connectivity index (χ2n) is 6.42. The Morgan fingerprint density at radius 2 is 1.74 bits per heavy atom. The molecular weight excluding hydrogens is 357 g/mol. The lowest BCUT2D eigenvalue weighted by molar-refractivity contribution is -0.137. The highest BCUT2D eigenvalue weighted by molar-refractivity contribution is 5.83. The number of piperazine rings is 1. The van der Waals surface area contributed by atoms with Crippen molar-refractivity contribution in [3.8, 4) is 0 Å². The van der Waals surface area contributed by atoms with E-state index < -0.39 is 11.7 Å². The van der Waals surface area contributed by atoms with Crippen molar-refractivity contribution in [3.63, 3.8) is 0 Å². The summed E-state index contributed by atoms with van der Waals surface area (Å²) in [5.74, 6) is 0.774. The third kappa shape index (κ3) is 3.29. The number of aryl methyl sites for hydroxylation is 1. The van der Waals surface area contributed by atoms with Gasteiger partial charge in [0, 0.05) is 38.4 Å². The van der Waals surface area contributed by atoms with Gasteiger partial charge in [-0.05, 0) is 25.1 Å². The van der Waals surface area contributed by atoms with Crippen LogP contribution < -0.4 is 9.80 Å². The summed E-state index contributed by atoms with van der Waals surface area (Å²) in [5, 5.41) is 0. The lowest BCUT2D eigenvalue weighted by atomic mass is 10.1. The van der Waals surface area contributed by atoms with Crippen LogP contribution in [-0.2, 0) is 12.7 Å². The van der Waals surface area contributed by atoms with E-state index in [2.05, 4.69) is 19.9 Å². The zero-order valence-corrected chi connectivity index (χ0v) is 14.8. The number of halogens is 3. The Morgan fingerprint density at radius 3 is 2.44 bits per heavy atom. The summed E-state index contributed by atoms with van der Waals surface area (Å²) in [5.41, 5.74) is 1.52. The SMILES string of the molecule is CCn1cnc2c(N3CCN(c4cccc(C(F)(F)F)c4)CC3)ncnc21. The quantitative estimate of drug-likeness (QED) is 0.703. The first-order valence-corrected chi connectivity index (χ1v) is 8.80. The molecule has 0 radical (unpaired) electrons. The van der Waals surface area contributed by atoms with Crippen molar-refractivity contribution in [2.75, 3.05) is 36.0 Å². The number of imidazole rings is 1. The smallest absolute Gasteiger partial charge is 0.368 e. The summed E-state index contributed by atoms with van der Waals surface area (Å²) in [7, 11) is 0. The van der Waals surface area contributed by atoms with Gasteiger partial charge in [0.2, 0.25) is 0 Å². The Hall–Kier alpha value is -2.84. The number of anilines is 2. The highest BCUT2D eigenvalue weighted by atomic mass is 19.4. The molecule has 1 aromatic carbocycles. The number of fused-ring (bicyclic) bond motifs is 1. The molecule has 0 saturated carbocycles. The van der Waals surface area contributed by atoms with Gasteiger partial charge in [-0.15, -0.1) is 0 Å². The molecule has 0 aliphatic carbocycles. The van der Waals surface area contributed by atoms with Crippen LogP contribution in [0.3, 0.4) is 0 Å². The zero-order valence-electron chi connectivity index (χ0n) is 14.8. The average Bonchev–Trinajstić information content (AvgIpc) is 3.11. The lowest BCUT2D eigenvalue weighted by Crippen LogP contribution is -2.47. The van der Waals surface area contributed by atoms with Crippen LogP contribution >= 0.6 is 0 Å². The van der Waals surface area contributed by atoms with Gasteiger partial charge in [0.05, 0.1) is 11.9 Å². The normalized spacial score (nSPS) is 15.6. The maximum absolute atomic E-state index is 12.9. The fourth-order valence-corrected chi connectivity index (χ4v) is 3.39. The van der Waals surface area contributed by atoms with E-state index in [9.17, 15) is 13.2 Å². The fourth-order valence-electron chi connectivity index (χ4n) is 3.39. The first-order chi connectivity index (χ1) is 13.0. The highest BCUT2D eigenvalue weighted by Crippen LogP contribution is 2.32. The van der Waals surface area contributed by atoms with Crippen molar-refractivity contribution in [1.29, 1.82) is 0 Å². The molecule has 0 unspecified atom stereocenters. The maximum Gasteiger partial charge on any atom is 0.416 e. The molecule has 0 bridgehead atoms. The van der Waals surface area contributed by atoms with Gasteiger partial charge in [-0.2, -0.15) is 13.2 Å². The fraction of sp³-hybridized carbons (Fsp3) is 0.389. The van der Waals surface area contributed by atoms with Crippen molar-refractivity contribution in [3.05, 3.63) is 42.5 Å². The number of alkyl halides is 3. The van der Waals surface area contributed by atoms with Crippen LogP contribution in [0.1, 0.15) is 12.5 Å². The molecule has 0 amide bonds. The molecule has 27 heavy (non-hydrogen) atoms. The summed E-state index contributed by atoms with van der Waals surface area (Å²) in [6.07, 6.45) is -1.05. The van der Waals surface area contributed by atoms with Crippen molar-refractivity contribution >= 4 is 22.7 Å². The van der Waals surface area contributed by atoms with Crippen LogP contribution in [0.15, 0.2) is 36.9 Å². The van der Waals surface area contributed by atoms with Crippen LogP contribution in [0.5, 0.6) is 0 Å². The first-order valence-electron chi connectivity index (χ1n) is 8.80. The highest BCUT2D eigenvalue weighted by Gasteiger charge is 2.31. The molecule has 6 nitrogen and oxygen atoms in total. The number of benzene rings is 1. The minimum atomic E-state index is -4.33. The van der Waals surface area contributed by atoms with Gasteiger partial charge in [-0.3, -0.25) is 0 Å². The number of aromatic nitrogens is 4. The van der Waals surface area contributed by atoms with E-state index in [1.54, 1.807) is 12.4 Å². The molecular formula is C18H19F3N6. The van der Waals surface area contributed by atoms with Crippen molar-refractivity contribution in [1.82, 2.24) is 19.5 Å². The van der Waals surface area contributed by atoms with E-state index in [1.807, 2.05) is 16.4 Å². The number of hydrogen-bond donors (Lipinski definition) is 0. The third-order valence-corrected chi connectivity index (χ3v) is 4.84. The molecule has 0 spiro atoms. The van der Waals surface area contributed by atoms with E-state index >= 15 is 0 Å². The van der Waals surface area contributed by atoms with E-state index in [4.69, 9.17) is 0 Å². The van der Waals surface area contributed by atoms with Crippen LogP contribution in [0.2, 0.25) is 0 Å². The van der Waals surface area contributed by atoms with Gasteiger partial charge >= 0.3 is 6.18 Å². The molecule has 1 aliphatic heterocycles. The molecule has 0 N–H and O–H groups in total. The molecule has 3 heterocycles. The molecule has 9 heteroatoms. The van der Waals surface area contributed by atoms with Gasteiger partial charge in [0.15, 0.2) is 17.0 Å². The van der Waals surface area contributed by atoms with Crippen molar-refractivity contribution < 1.29 is 13.2 Å². The predicted octanol–water partition coefficient (Wildman–Crippen LogP) is 3.19. The molecule has 0 atom stereocenters. The predicted molar refractivity (Wildman–Crippen MR) is 96.9 cm³/mol. The maximum atomic E-state index is 12.9. The van der Waals surface area contributed by atoms with Gasteiger partial charge in [-0.1, -0.05) is 6.07 Å². The van der Waals surface area contributed by atoms with Gasteiger partial charge in [0.1, 0.15) is 6.33 Å². The Bertz CT molecular complexity index is 944. The average molecular weight is 376 g/mol.